The summed E-state index contributed by atoms with van der Waals surface area (Å²) in [4.78, 5) is 16.8. The third-order valence-corrected chi connectivity index (χ3v) is 4.68. The van der Waals surface area contributed by atoms with E-state index < -0.39 is 0 Å². The summed E-state index contributed by atoms with van der Waals surface area (Å²) in [5.74, 6) is -0.363. The molecule has 0 spiro atoms. The Morgan fingerprint density at radius 1 is 1.25 bits per heavy atom. The lowest BCUT2D eigenvalue weighted by Gasteiger charge is -1.96. The lowest BCUT2D eigenvalue weighted by Crippen LogP contribution is -1.99. The largest absolute Gasteiger partial charge is 0.289 e. The highest BCUT2D eigenvalue weighted by Gasteiger charge is 2.15. The first-order chi connectivity index (χ1) is 11.5. The monoisotopic (exact) mass is 341 g/mol. The Labute approximate surface area is 143 Å². The fraction of sp³-hybridized carbons (Fsp3) is 0.167. The average Bonchev–Trinajstić information content (AvgIpc) is 3.11. The Balaban J connectivity index is 1.80. The molecule has 0 bridgehead atoms. The summed E-state index contributed by atoms with van der Waals surface area (Å²) in [6.45, 7) is 3.69. The molecular weight excluding hydrogens is 325 g/mol. The van der Waals surface area contributed by atoms with Gasteiger partial charge < -0.3 is 0 Å². The number of hydrogen-bond donors (Lipinski definition) is 0. The zero-order valence-corrected chi connectivity index (χ0v) is 14.4. The SMILES string of the molecule is Cc1nn(C)c(C)c1C(=O)/C=C/c1csc(-c2ccc(F)cc2)n1. The molecule has 0 aliphatic rings. The van der Waals surface area contributed by atoms with Crippen molar-refractivity contribution < 1.29 is 9.18 Å². The minimum Gasteiger partial charge on any atom is -0.289 e. The van der Waals surface area contributed by atoms with Gasteiger partial charge in [0.25, 0.3) is 0 Å². The number of aromatic nitrogens is 3. The van der Waals surface area contributed by atoms with Gasteiger partial charge in [-0.1, -0.05) is 0 Å². The Kier molecular flexibility index (Phi) is 4.40. The van der Waals surface area contributed by atoms with Crippen LogP contribution in [0.15, 0.2) is 35.7 Å². The van der Waals surface area contributed by atoms with E-state index in [1.807, 2.05) is 26.3 Å². The standard InChI is InChI=1S/C18H16FN3OS/c1-11-17(12(2)22(3)21-11)16(23)9-8-15-10-24-18(20-15)13-4-6-14(19)7-5-13/h4-10H,1-3H3/b9-8+. The second-order valence-electron chi connectivity index (χ2n) is 5.45. The van der Waals surface area contributed by atoms with Crippen LogP contribution in [0.5, 0.6) is 0 Å². The number of carbonyl (C=O) groups excluding carboxylic acids is 1. The third kappa shape index (κ3) is 3.19. The van der Waals surface area contributed by atoms with Gasteiger partial charge in [-0.05, 0) is 50.3 Å². The number of benzene rings is 1. The van der Waals surface area contributed by atoms with Crippen molar-refractivity contribution in [3.63, 3.8) is 0 Å². The molecule has 6 heteroatoms. The molecule has 1 aromatic carbocycles. The van der Waals surface area contributed by atoms with Crippen molar-refractivity contribution in [3.8, 4) is 10.6 Å². The first-order valence-corrected chi connectivity index (χ1v) is 8.27. The number of nitrogens with zero attached hydrogens (tertiary/aromatic N) is 3. The van der Waals surface area contributed by atoms with Gasteiger partial charge in [0.2, 0.25) is 0 Å². The van der Waals surface area contributed by atoms with E-state index in [4.69, 9.17) is 0 Å². The van der Waals surface area contributed by atoms with Crippen molar-refractivity contribution in [2.75, 3.05) is 0 Å². The van der Waals surface area contributed by atoms with E-state index in [0.29, 0.717) is 11.3 Å². The van der Waals surface area contributed by atoms with Crippen molar-refractivity contribution in [3.05, 3.63) is 64.2 Å². The molecule has 0 saturated carbocycles. The smallest absolute Gasteiger partial charge is 0.189 e. The number of carbonyl (C=O) groups is 1. The molecule has 0 fully saturated rings. The highest BCUT2D eigenvalue weighted by Crippen LogP contribution is 2.24. The van der Waals surface area contributed by atoms with Gasteiger partial charge in [0.15, 0.2) is 5.78 Å². The molecule has 0 unspecified atom stereocenters. The van der Waals surface area contributed by atoms with Gasteiger partial charge in [0.05, 0.1) is 17.0 Å². The molecule has 0 radical (unpaired) electrons. The van der Waals surface area contributed by atoms with E-state index >= 15 is 0 Å². The summed E-state index contributed by atoms with van der Waals surface area (Å²) in [7, 11) is 1.82. The van der Waals surface area contributed by atoms with Crippen molar-refractivity contribution >= 4 is 23.2 Å². The zero-order chi connectivity index (χ0) is 17.3. The molecule has 3 aromatic rings. The predicted molar refractivity (Wildman–Crippen MR) is 93.6 cm³/mol. The first kappa shape index (κ1) is 16.3. The number of ketones is 1. The maximum atomic E-state index is 13.0. The van der Waals surface area contributed by atoms with Crippen LogP contribution in [0.1, 0.15) is 27.4 Å². The molecule has 0 atom stereocenters. The number of halogens is 1. The summed E-state index contributed by atoms with van der Waals surface area (Å²) in [5.41, 5.74) is 3.74. The van der Waals surface area contributed by atoms with Crippen LogP contribution in [-0.2, 0) is 7.05 Å². The molecule has 0 N–H and O–H groups in total. The molecule has 122 valence electrons. The van der Waals surface area contributed by atoms with Gasteiger partial charge in [0.1, 0.15) is 10.8 Å². The summed E-state index contributed by atoms with van der Waals surface area (Å²) in [5, 5.41) is 6.91. The predicted octanol–water partition coefficient (Wildman–Crippen LogP) is 4.20. The number of rotatable bonds is 4. The molecule has 4 nitrogen and oxygen atoms in total. The lowest BCUT2D eigenvalue weighted by atomic mass is 10.1. The van der Waals surface area contributed by atoms with Crippen LogP contribution in [-0.4, -0.2) is 20.5 Å². The summed E-state index contributed by atoms with van der Waals surface area (Å²) < 4.78 is 14.7. The first-order valence-electron chi connectivity index (χ1n) is 7.40. The van der Waals surface area contributed by atoms with E-state index in [2.05, 4.69) is 10.1 Å². The third-order valence-electron chi connectivity index (χ3n) is 3.77. The van der Waals surface area contributed by atoms with E-state index in [-0.39, 0.29) is 11.6 Å². The van der Waals surface area contributed by atoms with Crippen LogP contribution in [0.3, 0.4) is 0 Å². The summed E-state index contributed by atoms with van der Waals surface area (Å²) in [6.07, 6.45) is 3.21. The van der Waals surface area contributed by atoms with Crippen LogP contribution < -0.4 is 0 Å². The fourth-order valence-electron chi connectivity index (χ4n) is 2.46. The highest BCUT2D eigenvalue weighted by atomic mass is 32.1. The second kappa shape index (κ2) is 6.49. The van der Waals surface area contributed by atoms with E-state index in [9.17, 15) is 9.18 Å². The van der Waals surface area contributed by atoms with Crippen LogP contribution in [0.4, 0.5) is 4.39 Å². The van der Waals surface area contributed by atoms with Crippen LogP contribution >= 0.6 is 11.3 Å². The number of aryl methyl sites for hydroxylation is 2. The Bertz CT molecular complexity index is 922. The van der Waals surface area contributed by atoms with E-state index in [1.165, 1.54) is 29.5 Å². The number of thiazole rings is 1. The average molecular weight is 341 g/mol. The van der Waals surface area contributed by atoms with Crippen LogP contribution in [0.25, 0.3) is 16.6 Å². The van der Waals surface area contributed by atoms with Crippen molar-refractivity contribution in [2.24, 2.45) is 7.05 Å². The Hall–Kier alpha value is -2.60. The molecule has 0 aliphatic heterocycles. The van der Waals surface area contributed by atoms with Crippen molar-refractivity contribution in [1.29, 1.82) is 0 Å². The van der Waals surface area contributed by atoms with E-state index in [0.717, 1.165) is 22.0 Å². The molecular formula is C18H16FN3OS. The Morgan fingerprint density at radius 2 is 1.96 bits per heavy atom. The number of allylic oxidation sites excluding steroid dienone is 1. The quantitative estimate of drug-likeness (QED) is 0.528. The second-order valence-corrected chi connectivity index (χ2v) is 6.31. The normalized spacial score (nSPS) is 11.3. The summed E-state index contributed by atoms with van der Waals surface area (Å²) in [6, 6.07) is 6.19. The molecule has 3 rings (SSSR count). The van der Waals surface area contributed by atoms with Crippen molar-refractivity contribution in [2.45, 2.75) is 13.8 Å². The van der Waals surface area contributed by atoms with Gasteiger partial charge in [-0.25, -0.2) is 9.37 Å². The topological polar surface area (TPSA) is 47.8 Å². The fourth-order valence-corrected chi connectivity index (χ4v) is 3.26. The highest BCUT2D eigenvalue weighted by molar-refractivity contribution is 7.13. The Morgan fingerprint density at radius 3 is 2.58 bits per heavy atom. The minimum atomic E-state index is -0.275. The van der Waals surface area contributed by atoms with Gasteiger partial charge in [0, 0.05) is 23.7 Å². The van der Waals surface area contributed by atoms with Gasteiger partial charge in [-0.2, -0.15) is 5.10 Å². The summed E-state index contributed by atoms with van der Waals surface area (Å²) >= 11 is 1.45. The van der Waals surface area contributed by atoms with Crippen LogP contribution in [0, 0.1) is 19.7 Å². The molecule has 0 saturated heterocycles. The lowest BCUT2D eigenvalue weighted by molar-refractivity contribution is 0.104. The van der Waals surface area contributed by atoms with Gasteiger partial charge in [-0.3, -0.25) is 9.48 Å². The molecule has 24 heavy (non-hydrogen) atoms. The molecule has 2 aromatic heterocycles. The number of hydrogen-bond acceptors (Lipinski definition) is 4. The molecule has 0 aliphatic carbocycles. The molecule has 0 amide bonds. The maximum absolute atomic E-state index is 13.0. The van der Waals surface area contributed by atoms with Gasteiger partial charge >= 0.3 is 0 Å². The minimum absolute atomic E-state index is 0.0885. The molecule has 2 heterocycles. The van der Waals surface area contributed by atoms with Crippen LogP contribution in [0.2, 0.25) is 0 Å². The van der Waals surface area contributed by atoms with Gasteiger partial charge in [-0.15, -0.1) is 11.3 Å². The maximum Gasteiger partial charge on any atom is 0.189 e. The zero-order valence-electron chi connectivity index (χ0n) is 13.6. The van der Waals surface area contributed by atoms with E-state index in [1.54, 1.807) is 22.9 Å². The van der Waals surface area contributed by atoms with Crippen molar-refractivity contribution in [1.82, 2.24) is 14.8 Å².